The quantitative estimate of drug-likeness (QED) is 0.805. The Morgan fingerprint density at radius 2 is 2.06 bits per heavy atom. The van der Waals surface area contributed by atoms with Crippen LogP contribution < -0.4 is 15.2 Å². The molecular formula is C12H18ClNO3. The van der Waals surface area contributed by atoms with E-state index in [2.05, 4.69) is 0 Å². The first-order chi connectivity index (χ1) is 7.45. The maximum atomic E-state index is 10.1. The highest BCUT2D eigenvalue weighted by molar-refractivity contribution is 5.85. The first-order valence-electron chi connectivity index (χ1n) is 5.26. The molecule has 2 unspecified atom stereocenters. The summed E-state index contributed by atoms with van der Waals surface area (Å²) in [6.07, 6.45) is -0.704. The first-order valence-corrected chi connectivity index (χ1v) is 5.26. The van der Waals surface area contributed by atoms with Crippen molar-refractivity contribution >= 4 is 12.4 Å². The topological polar surface area (TPSA) is 64.7 Å². The largest absolute Gasteiger partial charge is 0.497 e. The number of halogens is 1. The van der Waals surface area contributed by atoms with Gasteiger partial charge in [0.25, 0.3) is 0 Å². The second-order valence-electron chi connectivity index (χ2n) is 4.58. The fourth-order valence-corrected chi connectivity index (χ4v) is 1.90. The molecule has 5 heteroatoms. The molecular weight excluding hydrogens is 242 g/mol. The Kier molecular flexibility index (Phi) is 3.91. The number of aliphatic hydroxyl groups excluding tert-OH is 1. The summed E-state index contributed by atoms with van der Waals surface area (Å²) in [6, 6.07) is 4.91. The smallest absolute Gasteiger partial charge is 0.129 e. The van der Waals surface area contributed by atoms with Crippen LogP contribution in [0.2, 0.25) is 0 Å². The molecule has 0 saturated heterocycles. The van der Waals surface area contributed by atoms with E-state index in [9.17, 15) is 5.11 Å². The third kappa shape index (κ3) is 2.34. The van der Waals surface area contributed by atoms with Gasteiger partial charge in [0.05, 0.1) is 13.2 Å². The molecule has 0 fully saturated rings. The number of hydrogen-bond donors (Lipinski definition) is 2. The number of nitrogens with two attached hydrogens (primary N) is 1. The van der Waals surface area contributed by atoms with Crippen LogP contribution in [0, 0.1) is 0 Å². The molecule has 0 radical (unpaired) electrons. The molecule has 0 amide bonds. The maximum absolute atomic E-state index is 10.1. The monoisotopic (exact) mass is 259 g/mol. The minimum Gasteiger partial charge on any atom is -0.497 e. The van der Waals surface area contributed by atoms with Gasteiger partial charge in [-0.1, -0.05) is 0 Å². The summed E-state index contributed by atoms with van der Waals surface area (Å²) < 4.78 is 10.9. The summed E-state index contributed by atoms with van der Waals surface area (Å²) in [5, 5.41) is 10.1. The lowest BCUT2D eigenvalue weighted by molar-refractivity contribution is -0.0118. The molecule has 1 aliphatic rings. The Hall–Kier alpha value is -0.970. The van der Waals surface area contributed by atoms with Gasteiger partial charge in [0, 0.05) is 11.6 Å². The Morgan fingerprint density at radius 1 is 1.41 bits per heavy atom. The van der Waals surface area contributed by atoms with Crippen LogP contribution >= 0.6 is 12.4 Å². The average molecular weight is 260 g/mol. The average Bonchev–Trinajstić information content (AvgIpc) is 2.25. The predicted octanol–water partition coefficient (Wildman–Crippen LogP) is 1.65. The molecule has 0 bridgehead atoms. The second-order valence-corrected chi connectivity index (χ2v) is 4.58. The van der Waals surface area contributed by atoms with Crippen LogP contribution in [0.4, 0.5) is 0 Å². The van der Waals surface area contributed by atoms with Crippen molar-refractivity contribution in [2.75, 3.05) is 7.11 Å². The van der Waals surface area contributed by atoms with Gasteiger partial charge in [-0.25, -0.2) is 0 Å². The van der Waals surface area contributed by atoms with Crippen molar-refractivity contribution in [3.63, 3.8) is 0 Å². The third-order valence-corrected chi connectivity index (χ3v) is 3.06. The van der Waals surface area contributed by atoms with Gasteiger partial charge in [-0.05, 0) is 26.0 Å². The standard InChI is InChI=1S/C12H17NO3.ClH/c1-12(2)11(13)10(14)8-5-4-7(15-3)6-9(8)16-12;/h4-6,10-11,14H,13H2,1-3H3;1H. The van der Waals surface area contributed by atoms with E-state index in [1.54, 1.807) is 25.3 Å². The fourth-order valence-electron chi connectivity index (χ4n) is 1.90. The van der Waals surface area contributed by atoms with Crippen LogP contribution in [0.5, 0.6) is 11.5 Å². The minimum atomic E-state index is -0.704. The zero-order chi connectivity index (χ0) is 11.9. The van der Waals surface area contributed by atoms with Crippen molar-refractivity contribution in [2.24, 2.45) is 5.73 Å². The van der Waals surface area contributed by atoms with Crippen molar-refractivity contribution in [1.29, 1.82) is 0 Å². The van der Waals surface area contributed by atoms with Gasteiger partial charge in [0.15, 0.2) is 0 Å². The van der Waals surface area contributed by atoms with E-state index in [0.717, 1.165) is 0 Å². The van der Waals surface area contributed by atoms with Gasteiger partial charge >= 0.3 is 0 Å². The minimum absolute atomic E-state index is 0. The molecule has 1 aromatic carbocycles. The summed E-state index contributed by atoms with van der Waals surface area (Å²) in [5.41, 5.74) is 6.07. The Bertz CT molecular complexity index is 409. The molecule has 2 atom stereocenters. The molecule has 1 heterocycles. The van der Waals surface area contributed by atoms with Gasteiger partial charge in [0.2, 0.25) is 0 Å². The van der Waals surface area contributed by atoms with Crippen LogP contribution in [0.15, 0.2) is 18.2 Å². The number of benzene rings is 1. The Labute approximate surface area is 107 Å². The van der Waals surface area contributed by atoms with E-state index < -0.39 is 17.7 Å². The second kappa shape index (κ2) is 4.72. The molecule has 96 valence electrons. The van der Waals surface area contributed by atoms with Gasteiger partial charge in [-0.3, -0.25) is 0 Å². The number of hydrogen-bond acceptors (Lipinski definition) is 4. The summed E-state index contributed by atoms with van der Waals surface area (Å²) in [4.78, 5) is 0. The van der Waals surface area contributed by atoms with Crippen molar-refractivity contribution < 1.29 is 14.6 Å². The van der Waals surface area contributed by atoms with E-state index >= 15 is 0 Å². The number of methoxy groups -OCH3 is 1. The van der Waals surface area contributed by atoms with Crippen LogP contribution in [-0.2, 0) is 0 Å². The molecule has 0 spiro atoms. The third-order valence-electron chi connectivity index (χ3n) is 3.06. The molecule has 1 aliphatic heterocycles. The van der Waals surface area contributed by atoms with E-state index in [1.165, 1.54) is 0 Å². The summed E-state index contributed by atoms with van der Waals surface area (Å²) >= 11 is 0. The van der Waals surface area contributed by atoms with Crippen LogP contribution in [0.1, 0.15) is 25.5 Å². The lowest BCUT2D eigenvalue weighted by atomic mass is 9.87. The summed E-state index contributed by atoms with van der Waals surface area (Å²) in [6.45, 7) is 3.73. The van der Waals surface area contributed by atoms with Crippen LogP contribution in [0.25, 0.3) is 0 Å². The van der Waals surface area contributed by atoms with Gasteiger partial charge < -0.3 is 20.3 Å². The Morgan fingerprint density at radius 3 is 2.65 bits per heavy atom. The number of fused-ring (bicyclic) bond motifs is 1. The molecule has 0 aromatic heterocycles. The van der Waals surface area contributed by atoms with E-state index in [4.69, 9.17) is 15.2 Å². The predicted molar refractivity (Wildman–Crippen MR) is 67.9 cm³/mol. The normalized spacial score (nSPS) is 25.2. The number of aliphatic hydroxyl groups is 1. The van der Waals surface area contributed by atoms with Crippen LogP contribution in [0.3, 0.4) is 0 Å². The lowest BCUT2D eigenvalue weighted by Crippen LogP contribution is -2.53. The Balaban J connectivity index is 0.00000144. The summed E-state index contributed by atoms with van der Waals surface area (Å²) in [5.74, 6) is 1.34. The number of rotatable bonds is 1. The highest BCUT2D eigenvalue weighted by atomic mass is 35.5. The van der Waals surface area contributed by atoms with Crippen molar-refractivity contribution in [1.82, 2.24) is 0 Å². The highest BCUT2D eigenvalue weighted by Crippen LogP contribution is 2.40. The van der Waals surface area contributed by atoms with Gasteiger partial charge in [-0.2, -0.15) is 0 Å². The van der Waals surface area contributed by atoms with Gasteiger partial charge in [0.1, 0.15) is 23.2 Å². The number of ether oxygens (including phenoxy) is 2. The first kappa shape index (κ1) is 14.1. The summed E-state index contributed by atoms with van der Waals surface area (Å²) in [7, 11) is 1.60. The van der Waals surface area contributed by atoms with E-state index in [0.29, 0.717) is 17.1 Å². The molecule has 0 aliphatic carbocycles. The van der Waals surface area contributed by atoms with Crippen LogP contribution in [-0.4, -0.2) is 23.9 Å². The van der Waals surface area contributed by atoms with Crippen molar-refractivity contribution in [3.05, 3.63) is 23.8 Å². The highest BCUT2D eigenvalue weighted by Gasteiger charge is 2.40. The molecule has 0 saturated carbocycles. The van der Waals surface area contributed by atoms with E-state index in [1.807, 2.05) is 13.8 Å². The van der Waals surface area contributed by atoms with Gasteiger partial charge in [-0.15, -0.1) is 12.4 Å². The molecule has 4 nitrogen and oxygen atoms in total. The van der Waals surface area contributed by atoms with Crippen molar-refractivity contribution in [2.45, 2.75) is 31.6 Å². The molecule has 17 heavy (non-hydrogen) atoms. The SMILES string of the molecule is COc1ccc2c(c1)OC(C)(C)C(N)C2O.Cl. The zero-order valence-corrected chi connectivity index (χ0v) is 11.0. The fraction of sp³-hybridized carbons (Fsp3) is 0.500. The molecule has 1 aromatic rings. The maximum Gasteiger partial charge on any atom is 0.129 e. The molecule has 2 rings (SSSR count). The molecule has 3 N–H and O–H groups in total. The van der Waals surface area contributed by atoms with E-state index in [-0.39, 0.29) is 12.4 Å². The van der Waals surface area contributed by atoms with Crippen molar-refractivity contribution in [3.8, 4) is 11.5 Å². The lowest BCUT2D eigenvalue weighted by Gasteiger charge is -2.40. The zero-order valence-electron chi connectivity index (χ0n) is 10.1.